The minimum atomic E-state index is -1.02. The lowest BCUT2D eigenvalue weighted by atomic mass is 10.1. The first-order valence-electron chi connectivity index (χ1n) is 7.18. The van der Waals surface area contributed by atoms with E-state index in [1.807, 2.05) is 31.2 Å². The zero-order chi connectivity index (χ0) is 17.0. The van der Waals surface area contributed by atoms with E-state index >= 15 is 0 Å². The molecule has 0 aliphatic rings. The third-order valence-corrected chi connectivity index (χ3v) is 4.77. The number of anilines is 1. The smallest absolute Gasteiger partial charge is 0.338 e. The summed E-state index contributed by atoms with van der Waals surface area (Å²) in [5.74, 6) is -0.435. The molecule has 23 heavy (non-hydrogen) atoms. The van der Waals surface area contributed by atoms with Crippen LogP contribution in [0.2, 0.25) is 0 Å². The molecule has 0 aliphatic carbocycles. The van der Waals surface area contributed by atoms with Crippen molar-refractivity contribution >= 4 is 28.2 Å². The molecule has 0 atom stereocenters. The fourth-order valence-corrected chi connectivity index (χ4v) is 3.28. The third-order valence-electron chi connectivity index (χ3n) is 3.65. The Bertz CT molecular complexity index is 719. The molecule has 122 valence electrons. The Morgan fingerprint density at radius 2 is 1.87 bits per heavy atom. The molecular weight excluding hydrogens is 314 g/mol. The van der Waals surface area contributed by atoms with E-state index in [2.05, 4.69) is 5.32 Å². The lowest BCUT2D eigenvalue weighted by molar-refractivity contribution is -0.116. The number of rotatable bonds is 6. The van der Waals surface area contributed by atoms with Gasteiger partial charge in [0.1, 0.15) is 10.8 Å². The standard InChI is InChI=1S/C17H19NO4S/c1-10-11(2)23-16(15(10)17(20)21)18-14(19)9-6-12-4-7-13(22-3)8-5-12/h4-5,7-8H,6,9H2,1-3H3,(H,18,19)(H,20,21). The first-order valence-corrected chi connectivity index (χ1v) is 8.00. The van der Waals surface area contributed by atoms with Crippen LogP contribution in [0.4, 0.5) is 5.00 Å². The third kappa shape index (κ3) is 4.10. The number of aromatic carboxylic acids is 1. The highest BCUT2D eigenvalue weighted by molar-refractivity contribution is 7.16. The molecule has 1 amide bonds. The molecule has 0 spiro atoms. The first kappa shape index (κ1) is 17.0. The summed E-state index contributed by atoms with van der Waals surface area (Å²) >= 11 is 1.29. The largest absolute Gasteiger partial charge is 0.497 e. The molecule has 0 saturated carbocycles. The molecular formula is C17H19NO4S. The number of aryl methyl sites for hydroxylation is 2. The number of carbonyl (C=O) groups is 2. The van der Waals surface area contributed by atoms with Crippen LogP contribution in [0.1, 0.15) is 32.8 Å². The van der Waals surface area contributed by atoms with E-state index in [1.165, 1.54) is 11.3 Å². The summed E-state index contributed by atoms with van der Waals surface area (Å²) in [4.78, 5) is 24.3. The number of carbonyl (C=O) groups excluding carboxylic acids is 1. The Kier molecular flexibility index (Phi) is 5.39. The van der Waals surface area contributed by atoms with Crippen molar-refractivity contribution in [3.63, 3.8) is 0 Å². The number of benzene rings is 1. The van der Waals surface area contributed by atoms with Crippen LogP contribution < -0.4 is 10.1 Å². The van der Waals surface area contributed by atoms with Gasteiger partial charge in [-0.05, 0) is 43.5 Å². The van der Waals surface area contributed by atoms with Crippen molar-refractivity contribution in [3.05, 3.63) is 45.8 Å². The van der Waals surface area contributed by atoms with Gasteiger partial charge in [-0.3, -0.25) is 4.79 Å². The van der Waals surface area contributed by atoms with Crippen LogP contribution in [-0.4, -0.2) is 24.1 Å². The SMILES string of the molecule is COc1ccc(CCC(=O)Nc2sc(C)c(C)c2C(=O)O)cc1. The van der Waals surface area contributed by atoms with Gasteiger partial charge in [-0.2, -0.15) is 0 Å². The molecule has 2 aromatic rings. The van der Waals surface area contributed by atoms with Crippen molar-refractivity contribution < 1.29 is 19.4 Å². The molecule has 0 aliphatic heterocycles. The van der Waals surface area contributed by atoms with Gasteiger partial charge in [0.25, 0.3) is 0 Å². The Balaban J connectivity index is 1.99. The molecule has 2 N–H and O–H groups in total. The molecule has 0 radical (unpaired) electrons. The molecule has 0 saturated heterocycles. The number of hydrogen-bond donors (Lipinski definition) is 2. The van der Waals surface area contributed by atoms with Crippen molar-refractivity contribution in [2.24, 2.45) is 0 Å². The number of nitrogens with one attached hydrogen (secondary N) is 1. The van der Waals surface area contributed by atoms with Crippen LogP contribution in [-0.2, 0) is 11.2 Å². The minimum Gasteiger partial charge on any atom is -0.497 e. The Morgan fingerprint density at radius 3 is 2.43 bits per heavy atom. The molecule has 6 heteroatoms. The van der Waals surface area contributed by atoms with Crippen LogP contribution in [0, 0.1) is 13.8 Å². The lowest BCUT2D eigenvalue weighted by Gasteiger charge is -2.06. The maximum Gasteiger partial charge on any atom is 0.338 e. The highest BCUT2D eigenvalue weighted by atomic mass is 32.1. The van der Waals surface area contributed by atoms with E-state index in [-0.39, 0.29) is 11.5 Å². The summed E-state index contributed by atoms with van der Waals surface area (Å²) in [5, 5.41) is 12.4. The van der Waals surface area contributed by atoms with Gasteiger partial charge in [0.2, 0.25) is 5.91 Å². The van der Waals surface area contributed by atoms with Crippen LogP contribution in [0.5, 0.6) is 5.75 Å². The van der Waals surface area contributed by atoms with Gasteiger partial charge in [-0.15, -0.1) is 11.3 Å². The molecule has 1 aromatic heterocycles. The van der Waals surface area contributed by atoms with Gasteiger partial charge in [0.15, 0.2) is 0 Å². The summed E-state index contributed by atoms with van der Waals surface area (Å²) in [6.45, 7) is 3.60. The second-order valence-electron chi connectivity index (χ2n) is 5.19. The highest BCUT2D eigenvalue weighted by Crippen LogP contribution is 2.32. The molecule has 1 aromatic carbocycles. The van der Waals surface area contributed by atoms with Crippen molar-refractivity contribution in [2.75, 3.05) is 12.4 Å². The second kappa shape index (κ2) is 7.28. The number of carboxylic acids is 1. The average Bonchev–Trinajstić information content (AvgIpc) is 2.80. The summed E-state index contributed by atoms with van der Waals surface area (Å²) in [6.07, 6.45) is 0.878. The molecule has 0 unspecified atom stereocenters. The number of carboxylic acid groups (broad SMARTS) is 1. The van der Waals surface area contributed by atoms with Gasteiger partial charge in [0.05, 0.1) is 12.7 Å². The molecule has 0 fully saturated rings. The fourth-order valence-electron chi connectivity index (χ4n) is 2.21. The van der Waals surface area contributed by atoms with Crippen molar-refractivity contribution in [2.45, 2.75) is 26.7 Å². The van der Waals surface area contributed by atoms with E-state index in [9.17, 15) is 14.7 Å². The molecule has 1 heterocycles. The zero-order valence-electron chi connectivity index (χ0n) is 13.3. The van der Waals surface area contributed by atoms with Crippen LogP contribution in [0.15, 0.2) is 24.3 Å². The summed E-state index contributed by atoms with van der Waals surface area (Å²) in [6, 6.07) is 7.52. The average molecular weight is 333 g/mol. The van der Waals surface area contributed by atoms with E-state index < -0.39 is 5.97 Å². The minimum absolute atomic E-state index is 0.185. The maximum atomic E-state index is 12.1. The zero-order valence-corrected chi connectivity index (χ0v) is 14.1. The second-order valence-corrected chi connectivity index (χ2v) is 6.41. The topological polar surface area (TPSA) is 75.6 Å². The van der Waals surface area contributed by atoms with Gasteiger partial charge >= 0.3 is 5.97 Å². The number of ether oxygens (including phenoxy) is 1. The predicted molar refractivity (Wildman–Crippen MR) is 90.7 cm³/mol. The Labute approximate surface area is 138 Å². The quantitative estimate of drug-likeness (QED) is 0.846. The van der Waals surface area contributed by atoms with Gasteiger partial charge in [0, 0.05) is 11.3 Å². The molecule has 0 bridgehead atoms. The van der Waals surface area contributed by atoms with E-state index in [1.54, 1.807) is 14.0 Å². The predicted octanol–water partition coefficient (Wildman–Crippen LogP) is 3.64. The van der Waals surface area contributed by atoms with Crippen LogP contribution in [0.25, 0.3) is 0 Å². The fraction of sp³-hybridized carbons (Fsp3) is 0.294. The molecule has 2 rings (SSSR count). The van der Waals surface area contributed by atoms with Gasteiger partial charge < -0.3 is 15.2 Å². The van der Waals surface area contributed by atoms with Crippen molar-refractivity contribution in [3.8, 4) is 5.75 Å². The first-order chi connectivity index (χ1) is 10.9. The Hall–Kier alpha value is -2.34. The monoisotopic (exact) mass is 333 g/mol. The Morgan fingerprint density at radius 1 is 1.22 bits per heavy atom. The number of amides is 1. The van der Waals surface area contributed by atoms with Crippen molar-refractivity contribution in [1.82, 2.24) is 0 Å². The number of thiophene rings is 1. The highest BCUT2D eigenvalue weighted by Gasteiger charge is 2.20. The van der Waals surface area contributed by atoms with E-state index in [4.69, 9.17) is 4.74 Å². The summed E-state index contributed by atoms with van der Waals surface area (Å²) in [5.41, 5.74) is 1.91. The van der Waals surface area contributed by atoms with Gasteiger partial charge in [-0.25, -0.2) is 4.79 Å². The van der Waals surface area contributed by atoms with Crippen LogP contribution >= 0.6 is 11.3 Å². The van der Waals surface area contributed by atoms with E-state index in [0.717, 1.165) is 16.2 Å². The van der Waals surface area contributed by atoms with Crippen LogP contribution in [0.3, 0.4) is 0 Å². The number of hydrogen-bond acceptors (Lipinski definition) is 4. The van der Waals surface area contributed by atoms with Gasteiger partial charge in [-0.1, -0.05) is 12.1 Å². The van der Waals surface area contributed by atoms with Crippen molar-refractivity contribution in [1.29, 1.82) is 0 Å². The maximum absolute atomic E-state index is 12.1. The van der Waals surface area contributed by atoms with E-state index in [0.29, 0.717) is 23.4 Å². The molecule has 5 nitrogen and oxygen atoms in total. The number of methoxy groups -OCH3 is 1. The normalized spacial score (nSPS) is 10.4. The lowest BCUT2D eigenvalue weighted by Crippen LogP contribution is -2.14. The summed E-state index contributed by atoms with van der Waals surface area (Å²) in [7, 11) is 1.60. The summed E-state index contributed by atoms with van der Waals surface area (Å²) < 4.78 is 5.09.